The molecule has 0 spiro atoms. The predicted octanol–water partition coefficient (Wildman–Crippen LogP) is 3.40. The van der Waals surface area contributed by atoms with Gasteiger partial charge in [0, 0.05) is 18.8 Å². The molecular weight excluding hydrogens is 294 g/mol. The lowest BCUT2D eigenvalue weighted by atomic mass is 10.1. The SMILES string of the molecule is Cc1nn(C)c(C)c1C(=O)/C=C/C=C\c1ccccc1[N+](=O)[O-]. The van der Waals surface area contributed by atoms with Crippen molar-refractivity contribution >= 4 is 17.5 Å². The van der Waals surface area contributed by atoms with Crippen molar-refractivity contribution in [2.75, 3.05) is 0 Å². The van der Waals surface area contributed by atoms with Crippen molar-refractivity contribution in [3.63, 3.8) is 0 Å². The minimum Gasteiger partial charge on any atom is -0.289 e. The molecule has 1 aromatic carbocycles. The average Bonchev–Trinajstić information content (AvgIpc) is 2.76. The molecule has 0 saturated carbocycles. The number of nitrogens with zero attached hydrogens (tertiary/aromatic N) is 3. The van der Waals surface area contributed by atoms with E-state index >= 15 is 0 Å². The van der Waals surface area contributed by atoms with E-state index in [1.807, 2.05) is 6.92 Å². The predicted molar refractivity (Wildman–Crippen MR) is 88.3 cm³/mol. The Morgan fingerprint density at radius 3 is 2.57 bits per heavy atom. The normalized spacial score (nSPS) is 11.4. The second-order valence-electron chi connectivity index (χ2n) is 5.07. The standard InChI is InChI=1S/C17H17N3O3/c1-12-17(13(2)19(3)18-12)16(21)11-7-5-9-14-8-4-6-10-15(14)20(22)23/h4-11H,1-3H3/b9-5-,11-7+. The molecule has 0 atom stereocenters. The Balaban J connectivity index is 2.16. The van der Waals surface area contributed by atoms with Crippen LogP contribution in [0, 0.1) is 24.0 Å². The van der Waals surface area contributed by atoms with Crippen LogP contribution in [0.3, 0.4) is 0 Å². The molecule has 0 amide bonds. The number of ketones is 1. The molecule has 23 heavy (non-hydrogen) atoms. The lowest BCUT2D eigenvalue weighted by molar-refractivity contribution is -0.385. The van der Waals surface area contributed by atoms with Gasteiger partial charge >= 0.3 is 0 Å². The highest BCUT2D eigenvalue weighted by atomic mass is 16.6. The zero-order valence-corrected chi connectivity index (χ0v) is 13.2. The maximum Gasteiger partial charge on any atom is 0.276 e. The van der Waals surface area contributed by atoms with Crippen molar-refractivity contribution in [3.05, 3.63) is 75.1 Å². The van der Waals surface area contributed by atoms with Gasteiger partial charge in [-0.3, -0.25) is 19.6 Å². The number of carbonyl (C=O) groups is 1. The number of carbonyl (C=O) groups excluding carboxylic acids is 1. The van der Waals surface area contributed by atoms with Gasteiger partial charge in [0.1, 0.15) is 0 Å². The summed E-state index contributed by atoms with van der Waals surface area (Å²) < 4.78 is 1.67. The van der Waals surface area contributed by atoms with Crippen LogP contribution in [0.25, 0.3) is 6.08 Å². The molecule has 6 heteroatoms. The van der Waals surface area contributed by atoms with Crippen LogP contribution < -0.4 is 0 Å². The number of aryl methyl sites for hydroxylation is 2. The van der Waals surface area contributed by atoms with Gasteiger partial charge in [0.05, 0.1) is 21.7 Å². The van der Waals surface area contributed by atoms with Crippen molar-refractivity contribution in [3.8, 4) is 0 Å². The highest BCUT2D eigenvalue weighted by Gasteiger charge is 2.14. The number of rotatable bonds is 5. The molecule has 0 saturated heterocycles. The minimum atomic E-state index is -0.434. The van der Waals surface area contributed by atoms with E-state index in [0.29, 0.717) is 16.8 Å². The number of aromatic nitrogens is 2. The molecule has 2 aromatic rings. The molecule has 0 unspecified atom stereocenters. The van der Waals surface area contributed by atoms with Gasteiger partial charge in [0.2, 0.25) is 0 Å². The molecule has 0 fully saturated rings. The fraction of sp³-hybridized carbons (Fsp3) is 0.176. The summed E-state index contributed by atoms with van der Waals surface area (Å²) in [6.45, 7) is 3.63. The third-order valence-corrected chi connectivity index (χ3v) is 3.52. The number of hydrogen-bond donors (Lipinski definition) is 0. The summed E-state index contributed by atoms with van der Waals surface area (Å²) >= 11 is 0. The zero-order valence-electron chi connectivity index (χ0n) is 13.2. The number of para-hydroxylation sites is 1. The van der Waals surface area contributed by atoms with Gasteiger partial charge in [-0.25, -0.2) is 0 Å². The largest absolute Gasteiger partial charge is 0.289 e. The molecular formula is C17H17N3O3. The summed E-state index contributed by atoms with van der Waals surface area (Å²) in [5.74, 6) is -0.139. The van der Waals surface area contributed by atoms with Crippen LogP contribution in [0.15, 0.2) is 42.5 Å². The van der Waals surface area contributed by atoms with E-state index in [0.717, 1.165) is 5.69 Å². The second-order valence-corrected chi connectivity index (χ2v) is 5.07. The first-order chi connectivity index (χ1) is 10.9. The maximum absolute atomic E-state index is 12.2. The van der Waals surface area contributed by atoms with Crippen molar-refractivity contribution in [2.24, 2.45) is 7.05 Å². The molecule has 0 N–H and O–H groups in total. The number of nitro groups is 1. The molecule has 2 rings (SSSR count). The molecule has 1 heterocycles. The molecule has 0 bridgehead atoms. The Morgan fingerprint density at radius 1 is 1.26 bits per heavy atom. The summed E-state index contributed by atoms with van der Waals surface area (Å²) in [5.41, 5.74) is 2.59. The summed E-state index contributed by atoms with van der Waals surface area (Å²) in [6.07, 6.45) is 6.22. The van der Waals surface area contributed by atoms with E-state index in [4.69, 9.17) is 0 Å². The molecule has 6 nitrogen and oxygen atoms in total. The summed E-state index contributed by atoms with van der Waals surface area (Å²) in [6, 6.07) is 6.43. The van der Waals surface area contributed by atoms with E-state index in [1.165, 1.54) is 12.1 Å². The number of hydrogen-bond acceptors (Lipinski definition) is 4. The van der Waals surface area contributed by atoms with Crippen molar-refractivity contribution in [1.29, 1.82) is 0 Å². The quantitative estimate of drug-likeness (QED) is 0.279. The minimum absolute atomic E-state index is 0.0300. The van der Waals surface area contributed by atoms with Crippen LogP contribution in [-0.2, 0) is 7.05 Å². The fourth-order valence-electron chi connectivity index (χ4n) is 2.31. The van der Waals surface area contributed by atoms with Crippen LogP contribution in [0.4, 0.5) is 5.69 Å². The zero-order chi connectivity index (χ0) is 17.0. The van der Waals surface area contributed by atoms with Crippen LogP contribution in [0.5, 0.6) is 0 Å². The third kappa shape index (κ3) is 3.60. The van der Waals surface area contributed by atoms with Crippen molar-refractivity contribution in [2.45, 2.75) is 13.8 Å². The highest BCUT2D eigenvalue weighted by molar-refractivity contribution is 6.06. The summed E-state index contributed by atoms with van der Waals surface area (Å²) in [4.78, 5) is 22.7. The van der Waals surface area contributed by atoms with Crippen LogP contribution in [-0.4, -0.2) is 20.5 Å². The smallest absolute Gasteiger partial charge is 0.276 e. The second kappa shape index (κ2) is 6.83. The maximum atomic E-state index is 12.2. The number of allylic oxidation sites excluding steroid dienone is 3. The van der Waals surface area contributed by atoms with Crippen LogP contribution in [0.2, 0.25) is 0 Å². The molecule has 1 aromatic heterocycles. The Kier molecular flexibility index (Phi) is 4.85. The molecule has 0 aliphatic heterocycles. The van der Waals surface area contributed by atoms with Crippen molar-refractivity contribution < 1.29 is 9.72 Å². The number of nitro benzene ring substituents is 1. The lowest BCUT2D eigenvalue weighted by Crippen LogP contribution is -1.99. The highest BCUT2D eigenvalue weighted by Crippen LogP contribution is 2.19. The lowest BCUT2D eigenvalue weighted by Gasteiger charge is -1.96. The van der Waals surface area contributed by atoms with Crippen molar-refractivity contribution in [1.82, 2.24) is 9.78 Å². The fourth-order valence-corrected chi connectivity index (χ4v) is 2.31. The van der Waals surface area contributed by atoms with E-state index in [2.05, 4.69) is 5.10 Å². The molecule has 0 radical (unpaired) electrons. The van der Waals surface area contributed by atoms with E-state index < -0.39 is 4.92 Å². The topological polar surface area (TPSA) is 78.0 Å². The van der Waals surface area contributed by atoms with E-state index in [9.17, 15) is 14.9 Å². The molecule has 118 valence electrons. The summed E-state index contributed by atoms with van der Waals surface area (Å²) in [5, 5.41) is 15.1. The Morgan fingerprint density at radius 2 is 1.96 bits per heavy atom. The molecule has 0 aliphatic rings. The van der Waals surface area contributed by atoms with Gasteiger partial charge in [-0.05, 0) is 32.1 Å². The van der Waals surface area contributed by atoms with Crippen LogP contribution >= 0.6 is 0 Å². The third-order valence-electron chi connectivity index (χ3n) is 3.52. The van der Waals surface area contributed by atoms with Gasteiger partial charge in [0.25, 0.3) is 5.69 Å². The Labute approximate surface area is 133 Å². The van der Waals surface area contributed by atoms with Gasteiger partial charge in [0.15, 0.2) is 5.78 Å². The van der Waals surface area contributed by atoms with Crippen LogP contribution in [0.1, 0.15) is 27.3 Å². The first-order valence-electron chi connectivity index (χ1n) is 7.04. The number of benzene rings is 1. The first kappa shape index (κ1) is 16.4. The molecule has 0 aliphatic carbocycles. The Hall–Kier alpha value is -3.02. The monoisotopic (exact) mass is 311 g/mol. The van der Waals surface area contributed by atoms with Gasteiger partial charge in [-0.2, -0.15) is 5.10 Å². The first-order valence-corrected chi connectivity index (χ1v) is 7.04. The van der Waals surface area contributed by atoms with Gasteiger partial charge < -0.3 is 0 Å². The average molecular weight is 311 g/mol. The van der Waals surface area contributed by atoms with Gasteiger partial charge in [-0.1, -0.05) is 24.3 Å². The Bertz CT molecular complexity index is 816. The summed E-state index contributed by atoms with van der Waals surface area (Å²) in [7, 11) is 1.79. The van der Waals surface area contributed by atoms with E-state index in [1.54, 1.807) is 55.1 Å². The van der Waals surface area contributed by atoms with E-state index in [-0.39, 0.29) is 11.5 Å². The van der Waals surface area contributed by atoms with Gasteiger partial charge in [-0.15, -0.1) is 0 Å².